The molecule has 1 atom stereocenters. The number of benzene rings is 2. The lowest BCUT2D eigenvalue weighted by atomic mass is 9.82. The Balaban J connectivity index is 1.62. The van der Waals surface area contributed by atoms with Gasteiger partial charge in [-0.2, -0.15) is 5.10 Å². The van der Waals surface area contributed by atoms with Gasteiger partial charge < -0.3 is 5.21 Å². The largest absolute Gasteiger partial charge is 0.411 e. The number of sulfonamides is 1. The molecule has 3 aromatic rings. The fourth-order valence-corrected chi connectivity index (χ4v) is 5.83. The second-order valence-electron chi connectivity index (χ2n) is 9.44. The highest BCUT2D eigenvalue weighted by Crippen LogP contribution is 2.34. The van der Waals surface area contributed by atoms with Crippen molar-refractivity contribution in [1.82, 2.24) is 14.1 Å². The molecule has 0 radical (unpaired) electrons. The van der Waals surface area contributed by atoms with Crippen LogP contribution in [-0.2, 0) is 17.1 Å². The Morgan fingerprint density at radius 3 is 2.33 bits per heavy atom. The van der Waals surface area contributed by atoms with Crippen LogP contribution < -0.4 is 5.56 Å². The second-order valence-corrected chi connectivity index (χ2v) is 11.4. The van der Waals surface area contributed by atoms with Crippen molar-refractivity contribution >= 4 is 15.7 Å². The van der Waals surface area contributed by atoms with E-state index in [1.54, 1.807) is 17.4 Å². The molecular formula is C27H32N4O4S. The summed E-state index contributed by atoms with van der Waals surface area (Å²) in [6.45, 7) is 3.15. The highest BCUT2D eigenvalue weighted by molar-refractivity contribution is 7.88. The van der Waals surface area contributed by atoms with E-state index in [9.17, 15) is 18.4 Å². The van der Waals surface area contributed by atoms with Crippen LogP contribution in [-0.4, -0.2) is 52.8 Å². The van der Waals surface area contributed by atoms with Gasteiger partial charge in [-0.05, 0) is 54.0 Å². The van der Waals surface area contributed by atoms with Crippen LogP contribution in [0.2, 0.25) is 0 Å². The standard InChI is InChI=1S/C27H32N4O4S/c1-19-6-4-5-7-23(19)24(18-26(29-33)25-12-13-27(32)30(2)28-25)22-10-8-20(9-11-22)21-14-16-31(17-15-21)36(3,34)35/h4-13,21,24,33H,14-18H2,1-3H3/b29-26-/t24-/m1/s1. The summed E-state index contributed by atoms with van der Waals surface area (Å²) in [4.78, 5) is 11.8. The number of piperidine rings is 1. The van der Waals surface area contributed by atoms with E-state index in [0.717, 1.165) is 29.5 Å². The van der Waals surface area contributed by atoms with Crippen molar-refractivity contribution in [3.05, 3.63) is 99.0 Å². The van der Waals surface area contributed by atoms with Crippen LogP contribution in [0.5, 0.6) is 0 Å². The Kier molecular flexibility index (Phi) is 7.70. The molecule has 8 nitrogen and oxygen atoms in total. The van der Waals surface area contributed by atoms with Crippen molar-refractivity contribution in [2.75, 3.05) is 19.3 Å². The molecule has 1 aliphatic heterocycles. The van der Waals surface area contributed by atoms with Gasteiger partial charge in [0, 0.05) is 38.5 Å². The molecule has 1 aromatic heterocycles. The van der Waals surface area contributed by atoms with Gasteiger partial charge in [0.15, 0.2) is 0 Å². The van der Waals surface area contributed by atoms with Crippen molar-refractivity contribution in [3.8, 4) is 0 Å². The number of aromatic nitrogens is 2. The molecule has 1 fully saturated rings. The summed E-state index contributed by atoms with van der Waals surface area (Å²) >= 11 is 0. The van der Waals surface area contributed by atoms with E-state index in [-0.39, 0.29) is 11.5 Å². The van der Waals surface area contributed by atoms with Crippen molar-refractivity contribution in [1.29, 1.82) is 0 Å². The maximum atomic E-state index is 11.8. The van der Waals surface area contributed by atoms with E-state index in [1.807, 2.05) is 12.1 Å². The Morgan fingerprint density at radius 1 is 1.08 bits per heavy atom. The highest BCUT2D eigenvalue weighted by atomic mass is 32.2. The minimum absolute atomic E-state index is 0.0859. The molecule has 1 saturated heterocycles. The van der Waals surface area contributed by atoms with Gasteiger partial charge in [-0.1, -0.05) is 53.7 Å². The first kappa shape index (κ1) is 25.8. The average Bonchev–Trinajstić information content (AvgIpc) is 2.87. The minimum atomic E-state index is -3.15. The zero-order valence-corrected chi connectivity index (χ0v) is 21.6. The topological polar surface area (TPSA) is 105 Å². The van der Waals surface area contributed by atoms with Gasteiger partial charge in [-0.15, -0.1) is 0 Å². The van der Waals surface area contributed by atoms with Crippen LogP contribution in [0.4, 0.5) is 0 Å². The minimum Gasteiger partial charge on any atom is -0.411 e. The molecule has 0 aliphatic carbocycles. The Hall–Kier alpha value is -3.30. The van der Waals surface area contributed by atoms with Crippen LogP contribution in [0.3, 0.4) is 0 Å². The van der Waals surface area contributed by atoms with Crippen LogP contribution in [0, 0.1) is 6.92 Å². The van der Waals surface area contributed by atoms with Gasteiger partial charge in [0.1, 0.15) is 11.4 Å². The summed E-state index contributed by atoms with van der Waals surface area (Å²) in [7, 11) is -1.58. The third-order valence-electron chi connectivity index (χ3n) is 7.07. The summed E-state index contributed by atoms with van der Waals surface area (Å²) in [5.41, 5.74) is 5.15. The van der Waals surface area contributed by atoms with Crippen LogP contribution in [0.1, 0.15) is 59.0 Å². The lowest BCUT2D eigenvalue weighted by molar-refractivity contribution is 0.317. The zero-order valence-electron chi connectivity index (χ0n) is 20.8. The number of oxime groups is 1. The molecule has 1 aliphatic rings. The van der Waals surface area contributed by atoms with Gasteiger partial charge in [-0.25, -0.2) is 17.4 Å². The van der Waals surface area contributed by atoms with Crippen molar-refractivity contribution < 1.29 is 13.6 Å². The SMILES string of the molecule is Cc1ccccc1[C@H](C/C(=N/O)c1ccc(=O)n(C)n1)c1ccc(C2CCN(S(C)(=O)=O)CC2)cc1. The number of aryl methyl sites for hydroxylation is 2. The first-order chi connectivity index (χ1) is 17.2. The van der Waals surface area contributed by atoms with Crippen molar-refractivity contribution in [2.45, 2.75) is 38.0 Å². The van der Waals surface area contributed by atoms with E-state index < -0.39 is 10.0 Å². The Morgan fingerprint density at radius 2 is 1.75 bits per heavy atom. The molecule has 2 aromatic carbocycles. The second kappa shape index (κ2) is 10.8. The van der Waals surface area contributed by atoms with Crippen molar-refractivity contribution in [2.24, 2.45) is 12.2 Å². The summed E-state index contributed by atoms with van der Waals surface area (Å²) in [5.74, 6) is 0.232. The lowest BCUT2D eigenvalue weighted by Gasteiger charge is -2.30. The normalized spacial score (nSPS) is 16.7. The molecule has 0 saturated carbocycles. The molecule has 0 bridgehead atoms. The molecule has 1 N–H and O–H groups in total. The third-order valence-corrected chi connectivity index (χ3v) is 8.37. The van der Waals surface area contributed by atoms with Gasteiger partial charge >= 0.3 is 0 Å². The summed E-state index contributed by atoms with van der Waals surface area (Å²) < 4.78 is 26.5. The molecule has 0 unspecified atom stereocenters. The predicted octanol–water partition coefficient (Wildman–Crippen LogP) is 3.63. The fourth-order valence-electron chi connectivity index (χ4n) is 4.95. The molecular weight excluding hydrogens is 476 g/mol. The quantitative estimate of drug-likeness (QED) is 0.298. The molecule has 0 spiro atoms. The molecule has 36 heavy (non-hydrogen) atoms. The Labute approximate surface area is 211 Å². The van der Waals surface area contributed by atoms with E-state index in [4.69, 9.17) is 0 Å². The first-order valence-electron chi connectivity index (χ1n) is 12.0. The third kappa shape index (κ3) is 5.74. The predicted molar refractivity (Wildman–Crippen MR) is 140 cm³/mol. The van der Waals surface area contributed by atoms with E-state index in [2.05, 4.69) is 53.6 Å². The van der Waals surface area contributed by atoms with Crippen LogP contribution in [0.15, 0.2) is 70.6 Å². The lowest BCUT2D eigenvalue weighted by Crippen LogP contribution is -2.37. The number of rotatable bonds is 7. The van der Waals surface area contributed by atoms with Crippen LogP contribution in [0.25, 0.3) is 0 Å². The van der Waals surface area contributed by atoms with Gasteiger partial charge in [0.2, 0.25) is 10.0 Å². The van der Waals surface area contributed by atoms with E-state index in [0.29, 0.717) is 36.8 Å². The number of hydrogen-bond donors (Lipinski definition) is 1. The molecule has 9 heteroatoms. The Bertz CT molecular complexity index is 1410. The van der Waals surface area contributed by atoms with Gasteiger partial charge in [0.05, 0.1) is 6.26 Å². The van der Waals surface area contributed by atoms with E-state index in [1.165, 1.54) is 22.6 Å². The average molecular weight is 509 g/mol. The van der Waals surface area contributed by atoms with Crippen molar-refractivity contribution in [3.63, 3.8) is 0 Å². The molecule has 4 rings (SSSR count). The fraction of sp³-hybridized carbons (Fsp3) is 0.370. The summed E-state index contributed by atoms with van der Waals surface area (Å²) in [6.07, 6.45) is 3.27. The smallest absolute Gasteiger partial charge is 0.266 e. The highest BCUT2D eigenvalue weighted by Gasteiger charge is 2.26. The maximum Gasteiger partial charge on any atom is 0.266 e. The monoisotopic (exact) mass is 508 g/mol. The van der Waals surface area contributed by atoms with Gasteiger partial charge in [-0.3, -0.25) is 4.79 Å². The first-order valence-corrected chi connectivity index (χ1v) is 13.9. The number of nitrogens with zero attached hydrogens (tertiary/aromatic N) is 4. The summed E-state index contributed by atoms with van der Waals surface area (Å²) in [6, 6.07) is 19.6. The van der Waals surface area contributed by atoms with Gasteiger partial charge in [0.25, 0.3) is 5.56 Å². The maximum absolute atomic E-state index is 11.8. The zero-order chi connectivity index (χ0) is 25.9. The molecule has 0 amide bonds. The van der Waals surface area contributed by atoms with Crippen LogP contribution >= 0.6 is 0 Å². The number of hydrogen-bond acceptors (Lipinski definition) is 6. The molecule has 2 heterocycles. The summed E-state index contributed by atoms with van der Waals surface area (Å²) in [5, 5.41) is 17.7. The van der Waals surface area contributed by atoms with E-state index >= 15 is 0 Å². The molecule has 190 valence electrons.